The Morgan fingerprint density at radius 3 is 1.83 bits per heavy atom. The molecule has 356 valence electrons. The molecule has 69 heavy (non-hydrogen) atoms. The largest absolute Gasteiger partial charge is 0.507 e. The molecule has 0 aliphatic rings. The Kier molecular flexibility index (Phi) is 8.07. The van der Waals surface area contributed by atoms with Crippen molar-refractivity contribution in [3.05, 3.63) is 166 Å². The van der Waals surface area contributed by atoms with Crippen molar-refractivity contribution in [2.75, 3.05) is 0 Å². The van der Waals surface area contributed by atoms with Gasteiger partial charge in [-0.15, -0.1) is 0 Å². The molecule has 0 radical (unpaired) electrons. The zero-order valence-electron chi connectivity index (χ0n) is 60.1. The molecule has 0 saturated carbocycles. The summed E-state index contributed by atoms with van der Waals surface area (Å²) >= 11 is 0. The van der Waals surface area contributed by atoms with E-state index in [4.69, 9.17) is 25.0 Å². The topological polar surface area (TPSA) is 50.9 Å². The van der Waals surface area contributed by atoms with E-state index in [1.165, 1.54) is 18.3 Å². The lowest BCUT2D eigenvalue weighted by molar-refractivity contribution is 0.446. The molecule has 4 heteroatoms. The summed E-state index contributed by atoms with van der Waals surface area (Å²) in [6.45, 7) is 11.0. The van der Waals surface area contributed by atoms with Crippen LogP contribution < -0.4 is 0 Å². The van der Waals surface area contributed by atoms with E-state index in [9.17, 15) is 14.7 Å². The van der Waals surface area contributed by atoms with Crippen molar-refractivity contribution in [2.45, 2.75) is 151 Å². The summed E-state index contributed by atoms with van der Waals surface area (Å²) in [5, 5.41) is 12.7. The van der Waals surface area contributed by atoms with Gasteiger partial charge in [-0.05, 0) is 150 Å². The number of phenolic OH excluding ortho intramolecular Hbond substituents is 1. The van der Waals surface area contributed by atoms with E-state index in [0.717, 1.165) is 11.1 Å². The lowest BCUT2D eigenvalue weighted by atomic mass is 9.79. The molecule has 0 bridgehead atoms. The highest BCUT2D eigenvalue weighted by Crippen LogP contribution is 2.46. The molecule has 0 aliphatic heterocycles. The summed E-state index contributed by atoms with van der Waals surface area (Å²) in [5.41, 5.74) is 1.28. The average molecular weight is 932 g/mol. The highest BCUT2D eigenvalue weighted by Gasteiger charge is 2.30. The van der Waals surface area contributed by atoms with Gasteiger partial charge in [-0.3, -0.25) is 9.55 Å². The number of aromatic hydroxyl groups is 1. The van der Waals surface area contributed by atoms with Crippen LogP contribution in [-0.2, 0) is 21.7 Å². The van der Waals surface area contributed by atoms with Crippen molar-refractivity contribution in [3.63, 3.8) is 0 Å². The zero-order valence-corrected chi connectivity index (χ0v) is 42.1. The second-order valence-corrected chi connectivity index (χ2v) is 21.8. The van der Waals surface area contributed by atoms with Crippen LogP contribution in [0.4, 0.5) is 0 Å². The number of phenols is 1. The number of pyridine rings is 1. The van der Waals surface area contributed by atoms with Crippen LogP contribution in [0.15, 0.2) is 127 Å². The minimum absolute atomic E-state index is 0.0416. The summed E-state index contributed by atoms with van der Waals surface area (Å²) in [6.07, 6.45) is 1.39. The van der Waals surface area contributed by atoms with Gasteiger partial charge in [0.2, 0.25) is 0 Å². The number of benzene rings is 6. The molecule has 0 fully saturated rings. The summed E-state index contributed by atoms with van der Waals surface area (Å²) < 4.78 is 159. The highest BCUT2D eigenvalue weighted by atomic mass is 16.3. The highest BCUT2D eigenvalue weighted by molar-refractivity contribution is 5.97. The molecule has 2 heterocycles. The van der Waals surface area contributed by atoms with Crippen molar-refractivity contribution < 1.29 is 29.8 Å². The van der Waals surface area contributed by atoms with Crippen LogP contribution in [0.1, 0.15) is 186 Å². The van der Waals surface area contributed by atoms with Crippen LogP contribution in [0.2, 0.25) is 0 Å². The van der Waals surface area contributed by atoms with E-state index in [2.05, 4.69) is 20.8 Å². The van der Waals surface area contributed by atoms with Gasteiger partial charge >= 0.3 is 0 Å². The summed E-state index contributed by atoms with van der Waals surface area (Å²) in [6, 6.07) is 24.8. The third kappa shape index (κ3) is 9.70. The Bertz CT molecular complexity index is 3920. The number of fused-ring (bicyclic) bond motifs is 1. The minimum Gasteiger partial charge on any atom is -0.507 e. The lowest BCUT2D eigenvalue weighted by Crippen LogP contribution is -2.17. The molecule has 0 atom stereocenters. The van der Waals surface area contributed by atoms with E-state index >= 15 is 0 Å². The van der Waals surface area contributed by atoms with Crippen LogP contribution in [0.25, 0.3) is 72.7 Å². The molecular weight excluding hydrogens is 839 g/mol. The average Bonchev–Trinajstić information content (AvgIpc) is 0.888. The van der Waals surface area contributed by atoms with Crippen LogP contribution in [0, 0.1) is 6.85 Å². The van der Waals surface area contributed by atoms with E-state index in [1.54, 1.807) is 44.4 Å². The quantitative estimate of drug-likeness (QED) is 0.165. The van der Waals surface area contributed by atoms with E-state index in [0.29, 0.717) is 61.1 Å². The fraction of sp³-hybridized carbons (Fsp3) is 0.354. The SMILES string of the molecule is [2H]c1c([2H])c(C(C([2H])([2H])[2H])(C([2H])([2H])[2H])C([2H])([2H])[2H])c([2H])c([2H])c1-c1ccnc(-c2cc(-c3cccc4c3nc(-c3cc(C(C)(C)C)cc(C(C)(C)C)c3O)n4-c3ccc(-c4c(C([2H])(C)C)cccc4C([2H])(C)C)cc3C([2H])([2H])[2H])cc(C(C)(C)C)c2)c1. The minimum atomic E-state index is -3.85. The van der Waals surface area contributed by atoms with Crippen molar-refractivity contribution in [1.29, 1.82) is 0 Å². The standard InChI is InChI=1S/C65H75N3O/c1-39(2)50-20-18-21-51(40(3)4)58(50)44-26-29-56(41(5)32-44)68-57-23-19-22-52(59(57)67-61(68)53-37-49(64(12,13)14)38-54(60(53)69)65(15,16)17)45-33-46(35-48(34-45)63(9,10)11)55-36-43(30-31-66-55)42-24-27-47(28-25-42)62(6,7)8/h18-40,69H,1-17H3/i5D3,6D3,7D3,8D3,24D,25D,27D,28D,39D,40D. The molecule has 1 N–H and O–H groups in total. The first-order valence-corrected chi connectivity index (χ1v) is 23.4. The van der Waals surface area contributed by atoms with Gasteiger partial charge in [-0.1, -0.05) is 183 Å². The van der Waals surface area contributed by atoms with Crippen molar-refractivity contribution in [3.8, 4) is 67.5 Å². The maximum Gasteiger partial charge on any atom is 0.149 e. The molecule has 6 aromatic carbocycles. The molecule has 0 spiro atoms. The first-order chi connectivity index (χ1) is 39.5. The maximum atomic E-state index is 12.7. The Balaban J connectivity index is 1.45. The predicted octanol–water partition coefficient (Wildman–Crippen LogP) is 18.2. The maximum absolute atomic E-state index is 12.7. The van der Waals surface area contributed by atoms with Crippen LogP contribution >= 0.6 is 0 Å². The van der Waals surface area contributed by atoms with Crippen LogP contribution in [0.5, 0.6) is 5.75 Å². The van der Waals surface area contributed by atoms with Crippen molar-refractivity contribution in [2.24, 2.45) is 0 Å². The smallest absolute Gasteiger partial charge is 0.149 e. The van der Waals surface area contributed by atoms with E-state index in [-0.39, 0.29) is 39.6 Å². The van der Waals surface area contributed by atoms with E-state index in [1.807, 2.05) is 114 Å². The molecular formula is C65H75N3O. The number of imidazole rings is 1. The Labute approximate surface area is 439 Å². The van der Waals surface area contributed by atoms with Crippen molar-refractivity contribution in [1.82, 2.24) is 14.5 Å². The number of rotatable bonds is 8. The lowest BCUT2D eigenvalue weighted by Gasteiger charge is -2.27. The van der Waals surface area contributed by atoms with E-state index < -0.39 is 90.6 Å². The molecule has 4 nitrogen and oxygen atoms in total. The Morgan fingerprint density at radius 2 is 1.22 bits per heavy atom. The fourth-order valence-corrected chi connectivity index (χ4v) is 8.90. The molecule has 0 amide bonds. The second kappa shape index (κ2) is 17.9. The van der Waals surface area contributed by atoms with Gasteiger partial charge in [0.25, 0.3) is 0 Å². The molecule has 0 saturated heterocycles. The van der Waals surface area contributed by atoms with Crippen LogP contribution in [-0.4, -0.2) is 19.6 Å². The van der Waals surface area contributed by atoms with Gasteiger partial charge in [-0.25, -0.2) is 4.98 Å². The van der Waals surface area contributed by atoms with Gasteiger partial charge in [0.05, 0.1) is 33.5 Å². The van der Waals surface area contributed by atoms with Gasteiger partial charge < -0.3 is 5.11 Å². The fourth-order valence-electron chi connectivity index (χ4n) is 8.90. The monoisotopic (exact) mass is 932 g/mol. The first-order valence-electron chi connectivity index (χ1n) is 32.4. The number of aromatic nitrogens is 3. The van der Waals surface area contributed by atoms with Gasteiger partial charge in [0.1, 0.15) is 11.6 Å². The molecule has 2 aromatic heterocycles. The number of aryl methyl sites for hydroxylation is 1. The van der Waals surface area contributed by atoms with Gasteiger partial charge in [0, 0.05) is 42.1 Å². The molecule has 0 aliphatic carbocycles. The van der Waals surface area contributed by atoms with Crippen molar-refractivity contribution >= 4 is 11.0 Å². The summed E-state index contributed by atoms with van der Waals surface area (Å²) in [5.74, 6) is -2.08. The van der Waals surface area contributed by atoms with Gasteiger partial charge in [0.15, 0.2) is 0 Å². The normalized spacial score (nSPS) is 17.6. The number of nitrogens with zero attached hydrogens (tertiary/aromatic N) is 3. The number of para-hydroxylation sites is 1. The molecule has 0 unspecified atom stereocenters. The zero-order chi connectivity index (χ0) is 65.4. The summed E-state index contributed by atoms with van der Waals surface area (Å²) in [7, 11) is 0. The third-order valence-electron chi connectivity index (χ3n) is 12.8. The molecule has 8 rings (SSSR count). The number of hydrogen-bond acceptors (Lipinski definition) is 3. The summed E-state index contributed by atoms with van der Waals surface area (Å²) in [4.78, 5) is 10.2. The van der Waals surface area contributed by atoms with Gasteiger partial charge in [-0.2, -0.15) is 0 Å². The predicted molar refractivity (Wildman–Crippen MR) is 295 cm³/mol. The number of hydrogen-bond donors (Lipinski definition) is 1. The Hall–Kier alpha value is -6.26. The first kappa shape index (κ1) is 31.1. The molecule has 8 aromatic rings. The van der Waals surface area contributed by atoms with Crippen LogP contribution in [0.3, 0.4) is 0 Å². The second-order valence-electron chi connectivity index (χ2n) is 21.8. The third-order valence-corrected chi connectivity index (χ3v) is 12.8. The Morgan fingerprint density at radius 1 is 0.580 bits per heavy atom.